The Balaban J connectivity index is 2.06. The van der Waals surface area contributed by atoms with Crippen LogP contribution in [0.3, 0.4) is 0 Å². The summed E-state index contributed by atoms with van der Waals surface area (Å²) in [5.41, 5.74) is 2.45. The molecule has 0 saturated heterocycles. The van der Waals surface area contributed by atoms with E-state index < -0.39 is 12.1 Å². The number of aliphatic hydroxyl groups is 2. The second kappa shape index (κ2) is 6.40. The van der Waals surface area contributed by atoms with Crippen LogP contribution >= 0.6 is 0 Å². The van der Waals surface area contributed by atoms with E-state index in [1.54, 1.807) is 0 Å². The normalized spacial score (nSPS) is 23.3. The predicted molar refractivity (Wildman–Crippen MR) is 89.0 cm³/mol. The van der Waals surface area contributed by atoms with Gasteiger partial charge in [-0.25, -0.2) is 0 Å². The van der Waals surface area contributed by atoms with E-state index in [4.69, 9.17) is 0 Å². The molecule has 1 aliphatic heterocycles. The molecule has 2 aromatic rings. The van der Waals surface area contributed by atoms with Crippen molar-refractivity contribution in [2.45, 2.75) is 19.2 Å². The summed E-state index contributed by atoms with van der Waals surface area (Å²) in [7, 11) is 0. The molecule has 120 valence electrons. The average molecular weight is 312 g/mol. The molecule has 0 fully saturated rings. The maximum absolute atomic E-state index is 12.0. The van der Waals surface area contributed by atoms with Crippen molar-refractivity contribution in [2.75, 3.05) is 16.8 Å². The Kier molecular flexibility index (Phi) is 4.32. The number of aliphatic hydroxyl groups excluding tert-OH is 2. The highest BCUT2D eigenvalue weighted by Crippen LogP contribution is 2.41. The summed E-state index contributed by atoms with van der Waals surface area (Å²) in [5.74, 6) is -0.768. The lowest BCUT2D eigenvalue weighted by molar-refractivity contribution is -0.119. The molecular formula is C18H20N2O3. The molecule has 1 heterocycles. The number of hydrogen-bond acceptors (Lipinski definition) is 4. The molecular weight excluding hydrogens is 292 g/mol. The van der Waals surface area contributed by atoms with Crippen molar-refractivity contribution >= 4 is 17.3 Å². The highest BCUT2D eigenvalue weighted by atomic mass is 16.3. The van der Waals surface area contributed by atoms with Crippen LogP contribution in [0.2, 0.25) is 0 Å². The third-order valence-electron chi connectivity index (χ3n) is 4.25. The highest BCUT2D eigenvalue weighted by Gasteiger charge is 2.41. The van der Waals surface area contributed by atoms with E-state index in [9.17, 15) is 15.0 Å². The minimum Gasteiger partial charge on any atom is -0.396 e. The molecule has 23 heavy (non-hydrogen) atoms. The van der Waals surface area contributed by atoms with Gasteiger partial charge in [0.25, 0.3) is 0 Å². The number of anilines is 2. The zero-order chi connectivity index (χ0) is 16.4. The van der Waals surface area contributed by atoms with Gasteiger partial charge in [-0.3, -0.25) is 9.69 Å². The molecule has 5 heteroatoms. The lowest BCUT2D eigenvalue weighted by Crippen LogP contribution is -2.52. The van der Waals surface area contributed by atoms with Crippen molar-refractivity contribution in [1.29, 1.82) is 0 Å². The van der Waals surface area contributed by atoms with E-state index in [0.29, 0.717) is 5.69 Å². The molecule has 0 aromatic heterocycles. The van der Waals surface area contributed by atoms with Crippen LogP contribution in [-0.4, -0.2) is 29.0 Å². The largest absolute Gasteiger partial charge is 0.396 e. The number of rotatable bonds is 3. The summed E-state index contributed by atoms with van der Waals surface area (Å²) in [6.07, 6.45) is -1.08. The maximum atomic E-state index is 12.0. The van der Waals surface area contributed by atoms with Crippen LogP contribution in [0, 0.1) is 5.92 Å². The van der Waals surface area contributed by atoms with Crippen molar-refractivity contribution in [1.82, 2.24) is 0 Å². The summed E-state index contributed by atoms with van der Waals surface area (Å²) in [5, 5.41) is 23.8. The van der Waals surface area contributed by atoms with E-state index >= 15 is 0 Å². The van der Waals surface area contributed by atoms with Crippen LogP contribution in [0.5, 0.6) is 0 Å². The number of para-hydroxylation sites is 2. The van der Waals surface area contributed by atoms with Gasteiger partial charge in [0.05, 0.1) is 24.3 Å². The summed E-state index contributed by atoms with van der Waals surface area (Å²) < 4.78 is 0. The van der Waals surface area contributed by atoms with Crippen molar-refractivity contribution in [2.24, 2.45) is 5.92 Å². The zero-order valence-corrected chi connectivity index (χ0v) is 12.9. The van der Waals surface area contributed by atoms with Gasteiger partial charge in [-0.05, 0) is 23.8 Å². The average Bonchev–Trinajstić information content (AvgIpc) is 2.55. The first-order chi connectivity index (χ1) is 11.1. The minimum absolute atomic E-state index is 0.232. The molecule has 5 nitrogen and oxygen atoms in total. The Morgan fingerprint density at radius 2 is 1.78 bits per heavy atom. The molecule has 3 rings (SSSR count). The minimum atomic E-state index is -1.08. The molecule has 2 aromatic carbocycles. The van der Waals surface area contributed by atoms with Crippen molar-refractivity contribution in [3.8, 4) is 0 Å². The second-order valence-electron chi connectivity index (χ2n) is 5.70. The van der Waals surface area contributed by atoms with Crippen molar-refractivity contribution in [3.63, 3.8) is 0 Å². The Labute approximate surface area is 135 Å². The van der Waals surface area contributed by atoms with E-state index in [2.05, 4.69) is 5.32 Å². The van der Waals surface area contributed by atoms with E-state index in [1.165, 1.54) is 11.8 Å². The summed E-state index contributed by atoms with van der Waals surface area (Å²) in [6, 6.07) is 16.8. The molecule has 1 amide bonds. The first kappa shape index (κ1) is 15.5. The quantitative estimate of drug-likeness (QED) is 0.812. The second-order valence-corrected chi connectivity index (χ2v) is 5.70. The number of fused-ring (bicyclic) bond motifs is 1. The maximum Gasteiger partial charge on any atom is 0.225 e. The number of nitrogens with one attached hydrogen (secondary N) is 1. The van der Waals surface area contributed by atoms with Crippen molar-refractivity contribution < 1.29 is 15.0 Å². The Bertz CT molecular complexity index is 690. The highest BCUT2D eigenvalue weighted by molar-refractivity contribution is 5.93. The van der Waals surface area contributed by atoms with Gasteiger partial charge < -0.3 is 15.5 Å². The van der Waals surface area contributed by atoms with Gasteiger partial charge in [0.15, 0.2) is 0 Å². The van der Waals surface area contributed by atoms with Crippen LogP contribution in [0.4, 0.5) is 11.4 Å². The van der Waals surface area contributed by atoms with E-state index in [0.717, 1.165) is 11.3 Å². The van der Waals surface area contributed by atoms with Crippen LogP contribution in [0.1, 0.15) is 18.5 Å². The molecule has 0 spiro atoms. The SMILES string of the molecule is CC(=O)N1c2ccccc2[C@H](Nc2ccccc2)[C@@H](CO)[C@@H]1O. The van der Waals surface area contributed by atoms with Crippen molar-refractivity contribution in [3.05, 3.63) is 60.2 Å². The first-order valence-corrected chi connectivity index (χ1v) is 7.62. The number of benzene rings is 2. The predicted octanol–water partition coefficient (Wildman–Crippen LogP) is 2.13. The number of amides is 1. The van der Waals surface area contributed by atoms with Crippen LogP contribution < -0.4 is 10.2 Å². The summed E-state index contributed by atoms with van der Waals surface area (Å²) in [6.45, 7) is 1.18. The lowest BCUT2D eigenvalue weighted by Gasteiger charge is -2.43. The molecule has 1 aliphatic rings. The van der Waals surface area contributed by atoms with Gasteiger partial charge in [-0.2, -0.15) is 0 Å². The van der Waals surface area contributed by atoms with E-state index in [-0.39, 0.29) is 18.6 Å². The molecule has 0 bridgehead atoms. The fourth-order valence-corrected chi connectivity index (χ4v) is 3.16. The number of carbonyl (C=O) groups excluding carboxylic acids is 1. The fourth-order valence-electron chi connectivity index (χ4n) is 3.16. The Hall–Kier alpha value is -2.37. The third-order valence-corrected chi connectivity index (χ3v) is 4.25. The lowest BCUT2D eigenvalue weighted by atomic mass is 9.85. The van der Waals surface area contributed by atoms with Crippen LogP contribution in [0.25, 0.3) is 0 Å². The van der Waals surface area contributed by atoms with Gasteiger partial charge in [-0.1, -0.05) is 36.4 Å². The third kappa shape index (κ3) is 2.81. The van der Waals surface area contributed by atoms with Gasteiger partial charge >= 0.3 is 0 Å². The molecule has 3 atom stereocenters. The number of nitrogens with zero attached hydrogens (tertiary/aromatic N) is 1. The summed E-state index contributed by atoms with van der Waals surface area (Å²) in [4.78, 5) is 13.3. The monoisotopic (exact) mass is 312 g/mol. The summed E-state index contributed by atoms with van der Waals surface area (Å²) >= 11 is 0. The standard InChI is InChI=1S/C18H20N2O3/c1-12(22)20-16-10-6-5-9-14(16)17(15(11-21)18(20)23)19-13-7-3-2-4-8-13/h2-10,15,17-19,21,23H,11H2,1H3/t15-,17+,18+/m1/s1. The van der Waals surface area contributed by atoms with Gasteiger partial charge in [0, 0.05) is 12.6 Å². The van der Waals surface area contributed by atoms with Gasteiger partial charge in [0.2, 0.25) is 5.91 Å². The van der Waals surface area contributed by atoms with Crippen LogP contribution in [-0.2, 0) is 4.79 Å². The number of hydrogen-bond donors (Lipinski definition) is 3. The zero-order valence-electron chi connectivity index (χ0n) is 12.9. The van der Waals surface area contributed by atoms with E-state index in [1.807, 2.05) is 54.6 Å². The first-order valence-electron chi connectivity index (χ1n) is 7.62. The Morgan fingerprint density at radius 1 is 1.13 bits per heavy atom. The smallest absolute Gasteiger partial charge is 0.225 e. The molecule has 0 unspecified atom stereocenters. The van der Waals surface area contributed by atoms with Gasteiger partial charge in [0.1, 0.15) is 6.23 Å². The molecule has 0 radical (unpaired) electrons. The molecule has 0 saturated carbocycles. The fraction of sp³-hybridized carbons (Fsp3) is 0.278. The molecule has 3 N–H and O–H groups in total. The van der Waals surface area contributed by atoms with Crippen LogP contribution in [0.15, 0.2) is 54.6 Å². The Morgan fingerprint density at radius 3 is 2.43 bits per heavy atom. The topological polar surface area (TPSA) is 72.8 Å². The number of carbonyl (C=O) groups is 1. The molecule has 0 aliphatic carbocycles. The van der Waals surface area contributed by atoms with Gasteiger partial charge in [-0.15, -0.1) is 0 Å².